The van der Waals surface area contributed by atoms with E-state index in [2.05, 4.69) is 20.6 Å². The standard InChI is InChI=1S/C38H33FN4O4/c1-23-19-32(46-22-24-12-17-41-18-13-24)30(36(44)43-38(14-15-38)33-5-3-4-16-42-33)21-28(23)26-8-11-31-29(20-26)34(37(45)40-2)35(47-31)25-6-9-27(39)10-7-25/h3-13,16-21,34-35H,14-15,22H2,1-2H3,(H,40,45)(H,43,44). The van der Waals surface area contributed by atoms with Gasteiger partial charge in [0, 0.05) is 31.2 Å². The Morgan fingerprint density at radius 1 is 0.979 bits per heavy atom. The molecule has 2 aromatic heterocycles. The first kappa shape index (κ1) is 30.1. The van der Waals surface area contributed by atoms with Gasteiger partial charge in [-0.2, -0.15) is 0 Å². The first-order valence-electron chi connectivity index (χ1n) is 15.5. The Kier molecular flexibility index (Phi) is 7.89. The van der Waals surface area contributed by atoms with Gasteiger partial charge in [0.1, 0.15) is 35.9 Å². The maximum absolute atomic E-state index is 14.1. The highest BCUT2D eigenvalue weighted by molar-refractivity contribution is 5.99. The lowest BCUT2D eigenvalue weighted by Crippen LogP contribution is -2.35. The van der Waals surface area contributed by atoms with E-state index in [1.807, 2.05) is 67.6 Å². The van der Waals surface area contributed by atoms with Crippen LogP contribution in [0.25, 0.3) is 11.1 Å². The van der Waals surface area contributed by atoms with Crippen molar-refractivity contribution < 1.29 is 23.5 Å². The third kappa shape index (κ3) is 5.92. The molecule has 9 heteroatoms. The molecule has 5 aromatic rings. The first-order chi connectivity index (χ1) is 22.8. The first-order valence-corrected chi connectivity index (χ1v) is 15.5. The minimum atomic E-state index is -0.653. The Morgan fingerprint density at radius 3 is 2.47 bits per heavy atom. The van der Waals surface area contributed by atoms with Crippen LogP contribution in [0.15, 0.2) is 104 Å². The predicted molar refractivity (Wildman–Crippen MR) is 174 cm³/mol. The summed E-state index contributed by atoms with van der Waals surface area (Å²) in [5.41, 5.74) is 5.57. The molecule has 47 heavy (non-hydrogen) atoms. The molecule has 1 saturated carbocycles. The minimum Gasteiger partial charge on any atom is -0.488 e. The number of halogens is 1. The van der Waals surface area contributed by atoms with Crippen molar-refractivity contribution in [3.8, 4) is 22.6 Å². The number of carbonyl (C=O) groups is 2. The smallest absolute Gasteiger partial charge is 0.255 e. The summed E-state index contributed by atoms with van der Waals surface area (Å²) in [6, 6.07) is 24.9. The molecule has 3 aromatic carbocycles. The van der Waals surface area contributed by atoms with Crippen LogP contribution >= 0.6 is 0 Å². The summed E-state index contributed by atoms with van der Waals surface area (Å²) >= 11 is 0. The molecule has 2 aliphatic rings. The highest BCUT2D eigenvalue weighted by Crippen LogP contribution is 2.48. The largest absolute Gasteiger partial charge is 0.488 e. The SMILES string of the molecule is CNC(=O)C1c2cc(-c3cc(C(=O)NC4(c5ccccn5)CC4)c(OCc4ccncc4)cc3C)ccc2OC1c1ccc(F)cc1. The van der Waals surface area contributed by atoms with Crippen molar-refractivity contribution in [1.82, 2.24) is 20.6 Å². The topological polar surface area (TPSA) is 102 Å². The van der Waals surface area contributed by atoms with Crippen LogP contribution in [-0.2, 0) is 16.9 Å². The van der Waals surface area contributed by atoms with Gasteiger partial charge in [-0.1, -0.05) is 24.3 Å². The number of fused-ring (bicyclic) bond motifs is 1. The number of rotatable bonds is 9. The second-order valence-corrected chi connectivity index (χ2v) is 12.0. The monoisotopic (exact) mass is 628 g/mol. The molecular formula is C38H33FN4O4. The van der Waals surface area contributed by atoms with Crippen molar-refractivity contribution in [3.63, 3.8) is 0 Å². The number of hydrogen-bond donors (Lipinski definition) is 2. The Hall–Kier alpha value is -5.57. The number of likely N-dealkylation sites (N-methyl/N-ethyl adjacent to an activating group) is 1. The Morgan fingerprint density at radius 2 is 1.77 bits per heavy atom. The molecule has 7 rings (SSSR count). The number of benzene rings is 3. The molecule has 2 N–H and O–H groups in total. The summed E-state index contributed by atoms with van der Waals surface area (Å²) in [6.07, 6.45) is 6.11. The zero-order valence-electron chi connectivity index (χ0n) is 26.0. The minimum absolute atomic E-state index is 0.212. The zero-order valence-corrected chi connectivity index (χ0v) is 26.0. The fourth-order valence-electron chi connectivity index (χ4n) is 6.21. The van der Waals surface area contributed by atoms with Crippen molar-refractivity contribution in [2.75, 3.05) is 7.05 Å². The number of nitrogens with one attached hydrogen (secondary N) is 2. The Balaban J connectivity index is 1.26. The van der Waals surface area contributed by atoms with E-state index in [1.165, 1.54) is 12.1 Å². The van der Waals surface area contributed by atoms with Gasteiger partial charge >= 0.3 is 0 Å². The van der Waals surface area contributed by atoms with E-state index in [0.29, 0.717) is 28.2 Å². The van der Waals surface area contributed by atoms with Gasteiger partial charge in [-0.05, 0) is 108 Å². The van der Waals surface area contributed by atoms with E-state index in [4.69, 9.17) is 9.47 Å². The number of aromatic nitrogens is 2. The van der Waals surface area contributed by atoms with Crippen LogP contribution < -0.4 is 20.1 Å². The van der Waals surface area contributed by atoms with E-state index in [1.54, 1.807) is 37.8 Å². The zero-order chi connectivity index (χ0) is 32.5. The van der Waals surface area contributed by atoms with Crippen LogP contribution in [0.2, 0.25) is 0 Å². The van der Waals surface area contributed by atoms with Crippen molar-refractivity contribution in [2.45, 2.75) is 43.9 Å². The van der Waals surface area contributed by atoms with E-state index in [0.717, 1.165) is 40.8 Å². The van der Waals surface area contributed by atoms with Crippen LogP contribution in [0.3, 0.4) is 0 Å². The number of amides is 2. The van der Waals surface area contributed by atoms with Crippen LogP contribution in [0.1, 0.15) is 63.2 Å². The van der Waals surface area contributed by atoms with Crippen molar-refractivity contribution in [2.24, 2.45) is 0 Å². The summed E-state index contributed by atoms with van der Waals surface area (Å²) in [5, 5.41) is 6.00. The normalized spacial score (nSPS) is 17.3. The van der Waals surface area contributed by atoms with Crippen molar-refractivity contribution >= 4 is 11.8 Å². The van der Waals surface area contributed by atoms with Gasteiger partial charge < -0.3 is 20.1 Å². The summed E-state index contributed by atoms with van der Waals surface area (Å²) in [5.74, 6) is -0.449. The van der Waals surface area contributed by atoms with Crippen molar-refractivity contribution in [3.05, 3.63) is 143 Å². The van der Waals surface area contributed by atoms with Crippen LogP contribution in [-0.4, -0.2) is 28.8 Å². The number of pyridine rings is 2. The summed E-state index contributed by atoms with van der Waals surface area (Å²) in [6.45, 7) is 2.23. The molecule has 0 saturated heterocycles. The quantitative estimate of drug-likeness (QED) is 0.192. The lowest BCUT2D eigenvalue weighted by molar-refractivity contribution is -0.123. The maximum atomic E-state index is 14.1. The molecule has 2 unspecified atom stereocenters. The molecule has 0 bridgehead atoms. The maximum Gasteiger partial charge on any atom is 0.255 e. The molecule has 1 aliphatic heterocycles. The molecule has 1 fully saturated rings. The Bertz CT molecular complexity index is 1950. The number of aryl methyl sites for hydroxylation is 1. The molecule has 2 atom stereocenters. The van der Waals surface area contributed by atoms with Crippen LogP contribution in [0.4, 0.5) is 4.39 Å². The number of hydrogen-bond acceptors (Lipinski definition) is 6. The molecule has 3 heterocycles. The van der Waals surface area contributed by atoms with Gasteiger partial charge in [-0.15, -0.1) is 0 Å². The van der Waals surface area contributed by atoms with Gasteiger partial charge in [0.15, 0.2) is 0 Å². The molecule has 2 amide bonds. The predicted octanol–water partition coefficient (Wildman–Crippen LogP) is 6.55. The van der Waals surface area contributed by atoms with Gasteiger partial charge in [0.25, 0.3) is 5.91 Å². The van der Waals surface area contributed by atoms with E-state index in [9.17, 15) is 14.0 Å². The highest BCUT2D eigenvalue weighted by atomic mass is 19.1. The van der Waals surface area contributed by atoms with Crippen LogP contribution in [0.5, 0.6) is 11.5 Å². The average Bonchev–Trinajstić information content (AvgIpc) is 3.79. The lowest BCUT2D eigenvalue weighted by Gasteiger charge is -2.20. The van der Waals surface area contributed by atoms with Gasteiger partial charge in [0.05, 0.1) is 16.8 Å². The average molecular weight is 629 g/mol. The molecule has 0 spiro atoms. The van der Waals surface area contributed by atoms with Gasteiger partial charge in [-0.25, -0.2) is 4.39 Å². The highest BCUT2D eigenvalue weighted by Gasteiger charge is 2.47. The fourth-order valence-corrected chi connectivity index (χ4v) is 6.21. The van der Waals surface area contributed by atoms with E-state index < -0.39 is 17.6 Å². The second kappa shape index (κ2) is 12.3. The number of ether oxygens (including phenoxy) is 2. The fraction of sp³-hybridized carbons (Fsp3) is 0.211. The molecule has 1 aliphatic carbocycles. The lowest BCUT2D eigenvalue weighted by atomic mass is 9.88. The summed E-state index contributed by atoms with van der Waals surface area (Å²) in [4.78, 5) is 35.9. The van der Waals surface area contributed by atoms with Crippen molar-refractivity contribution in [1.29, 1.82) is 0 Å². The molecule has 8 nitrogen and oxygen atoms in total. The third-order valence-electron chi connectivity index (χ3n) is 8.91. The van der Waals surface area contributed by atoms with Gasteiger partial charge in [-0.3, -0.25) is 19.6 Å². The van der Waals surface area contributed by atoms with E-state index in [-0.39, 0.29) is 24.2 Å². The number of nitrogens with zero attached hydrogens (tertiary/aromatic N) is 2. The number of carbonyl (C=O) groups excluding carboxylic acids is 2. The van der Waals surface area contributed by atoms with Gasteiger partial charge in [0.2, 0.25) is 5.91 Å². The summed E-state index contributed by atoms with van der Waals surface area (Å²) in [7, 11) is 1.59. The third-order valence-corrected chi connectivity index (χ3v) is 8.91. The van der Waals surface area contributed by atoms with E-state index >= 15 is 0 Å². The molecule has 0 radical (unpaired) electrons. The Labute approximate surface area is 272 Å². The summed E-state index contributed by atoms with van der Waals surface area (Å²) < 4.78 is 26.2. The second-order valence-electron chi connectivity index (χ2n) is 12.0. The van der Waals surface area contributed by atoms with Crippen LogP contribution in [0, 0.1) is 12.7 Å². The molecule has 236 valence electrons. The molecular weight excluding hydrogens is 595 g/mol.